The maximum absolute atomic E-state index is 9.90. The van der Waals surface area contributed by atoms with Gasteiger partial charge >= 0.3 is 0 Å². The van der Waals surface area contributed by atoms with Crippen molar-refractivity contribution in [2.45, 2.75) is 47.6 Å². The monoisotopic (exact) mass is 253 g/mol. The molecule has 0 aliphatic rings. The summed E-state index contributed by atoms with van der Waals surface area (Å²) in [6.45, 7) is 12.9. The van der Waals surface area contributed by atoms with Crippen molar-refractivity contribution in [2.75, 3.05) is 7.05 Å². The first-order valence-electron chi connectivity index (χ1n) is 6.30. The molecule has 0 spiro atoms. The second kappa shape index (κ2) is 10.8. The summed E-state index contributed by atoms with van der Waals surface area (Å²) < 4.78 is 0. The van der Waals surface area contributed by atoms with Crippen molar-refractivity contribution in [2.24, 2.45) is 5.41 Å². The van der Waals surface area contributed by atoms with Gasteiger partial charge in [-0.2, -0.15) is 0 Å². The van der Waals surface area contributed by atoms with E-state index in [4.69, 9.17) is 0 Å². The summed E-state index contributed by atoms with van der Waals surface area (Å²) in [7, 11) is 2.00. The van der Waals surface area contributed by atoms with E-state index in [2.05, 4.69) is 43.0 Å². The van der Waals surface area contributed by atoms with Crippen molar-refractivity contribution in [1.29, 1.82) is 0 Å². The fourth-order valence-electron chi connectivity index (χ4n) is 0.804. The van der Waals surface area contributed by atoms with E-state index in [0.29, 0.717) is 23.4 Å². The summed E-state index contributed by atoms with van der Waals surface area (Å²) in [5.74, 6) is 0. The van der Waals surface area contributed by atoms with E-state index >= 15 is 0 Å². The van der Waals surface area contributed by atoms with Crippen LogP contribution in [-0.4, -0.2) is 29.3 Å². The number of carbonyl (C=O) groups excluding carboxylic acids is 1. The Hall–Kier alpha value is -1.29. The van der Waals surface area contributed by atoms with Crippen molar-refractivity contribution in [3.63, 3.8) is 0 Å². The SMILES string of the molecule is CC.CNC(C)C(C)(C)C.O=Cc1cnccn1. The highest BCUT2D eigenvalue weighted by Gasteiger charge is 2.16. The minimum Gasteiger partial charge on any atom is -0.317 e. The molecule has 0 fully saturated rings. The number of carbonyl (C=O) groups is 1. The summed E-state index contributed by atoms with van der Waals surface area (Å²) >= 11 is 0. The van der Waals surface area contributed by atoms with E-state index in [1.807, 2.05) is 20.9 Å². The average Bonchev–Trinajstić information content (AvgIpc) is 2.40. The number of hydrogen-bond acceptors (Lipinski definition) is 4. The van der Waals surface area contributed by atoms with Crippen molar-refractivity contribution in [1.82, 2.24) is 15.3 Å². The highest BCUT2D eigenvalue weighted by molar-refractivity contribution is 5.70. The van der Waals surface area contributed by atoms with Gasteiger partial charge in [-0.1, -0.05) is 34.6 Å². The zero-order valence-electron chi connectivity index (χ0n) is 12.7. The van der Waals surface area contributed by atoms with Crippen LogP contribution in [0.2, 0.25) is 0 Å². The molecule has 104 valence electrons. The van der Waals surface area contributed by atoms with Gasteiger partial charge in [0.05, 0.1) is 6.20 Å². The number of hydrogen-bond donors (Lipinski definition) is 1. The average molecular weight is 253 g/mol. The first-order valence-corrected chi connectivity index (χ1v) is 6.30. The van der Waals surface area contributed by atoms with Crippen LogP contribution in [0.15, 0.2) is 18.6 Å². The maximum atomic E-state index is 9.90. The van der Waals surface area contributed by atoms with Crippen LogP contribution in [0, 0.1) is 5.41 Å². The Morgan fingerprint density at radius 3 is 2.00 bits per heavy atom. The molecule has 4 heteroatoms. The predicted molar refractivity (Wildman–Crippen MR) is 76.7 cm³/mol. The largest absolute Gasteiger partial charge is 0.317 e. The fourth-order valence-corrected chi connectivity index (χ4v) is 0.804. The van der Waals surface area contributed by atoms with Crippen molar-refractivity contribution in [3.05, 3.63) is 24.3 Å². The van der Waals surface area contributed by atoms with Crippen LogP contribution < -0.4 is 5.32 Å². The van der Waals surface area contributed by atoms with Gasteiger partial charge in [-0.05, 0) is 19.4 Å². The fraction of sp³-hybridized carbons (Fsp3) is 0.643. The Morgan fingerprint density at radius 2 is 1.83 bits per heavy atom. The second-order valence-electron chi connectivity index (χ2n) is 4.62. The van der Waals surface area contributed by atoms with E-state index in [9.17, 15) is 4.79 Å². The summed E-state index contributed by atoms with van der Waals surface area (Å²) in [4.78, 5) is 17.2. The molecular weight excluding hydrogens is 226 g/mol. The number of nitrogens with one attached hydrogen (secondary N) is 1. The molecule has 0 bridgehead atoms. The van der Waals surface area contributed by atoms with E-state index in [0.717, 1.165) is 0 Å². The highest BCUT2D eigenvalue weighted by Crippen LogP contribution is 2.17. The molecule has 0 saturated heterocycles. The van der Waals surface area contributed by atoms with Crippen LogP contribution in [0.3, 0.4) is 0 Å². The standard InChI is InChI=1S/C7H17N.C5H4N2O.C2H6/c1-6(8-5)7(2,3)4;8-4-5-3-6-1-2-7-5;1-2/h6,8H,1-5H3;1-4H;1-2H3. The molecule has 1 aromatic rings. The summed E-state index contributed by atoms with van der Waals surface area (Å²) in [5, 5.41) is 3.20. The van der Waals surface area contributed by atoms with E-state index in [1.165, 1.54) is 18.6 Å². The van der Waals surface area contributed by atoms with Crippen LogP contribution in [0.25, 0.3) is 0 Å². The number of aldehydes is 1. The second-order valence-corrected chi connectivity index (χ2v) is 4.62. The molecule has 0 radical (unpaired) electrons. The van der Waals surface area contributed by atoms with Gasteiger partial charge in [0.15, 0.2) is 6.29 Å². The van der Waals surface area contributed by atoms with Gasteiger partial charge in [0, 0.05) is 18.4 Å². The van der Waals surface area contributed by atoms with Crippen molar-refractivity contribution in [3.8, 4) is 0 Å². The Bertz CT molecular complexity index is 294. The van der Waals surface area contributed by atoms with Gasteiger partial charge in [0.25, 0.3) is 0 Å². The number of rotatable bonds is 2. The molecule has 1 atom stereocenters. The molecular formula is C14H27N3O. The maximum Gasteiger partial charge on any atom is 0.170 e. The van der Waals surface area contributed by atoms with E-state index < -0.39 is 0 Å². The molecule has 1 heterocycles. The molecule has 4 nitrogen and oxygen atoms in total. The predicted octanol–water partition coefficient (Wildman–Crippen LogP) is 2.96. The zero-order chi connectivity index (χ0) is 14.6. The molecule has 1 unspecified atom stereocenters. The lowest BCUT2D eigenvalue weighted by Crippen LogP contribution is -2.34. The third-order valence-corrected chi connectivity index (χ3v) is 2.44. The molecule has 0 aliphatic carbocycles. The van der Waals surface area contributed by atoms with E-state index in [1.54, 1.807) is 0 Å². The zero-order valence-corrected chi connectivity index (χ0v) is 12.7. The summed E-state index contributed by atoms with van der Waals surface area (Å²) in [5.41, 5.74) is 0.766. The molecule has 0 amide bonds. The molecule has 1 N–H and O–H groups in total. The van der Waals surface area contributed by atoms with Gasteiger partial charge in [-0.15, -0.1) is 0 Å². The van der Waals surface area contributed by atoms with Crippen molar-refractivity contribution < 1.29 is 4.79 Å². The van der Waals surface area contributed by atoms with Gasteiger partial charge in [0.1, 0.15) is 5.69 Å². The molecule has 0 aromatic carbocycles. The first kappa shape index (κ1) is 19.1. The number of aromatic nitrogens is 2. The van der Waals surface area contributed by atoms with Gasteiger partial charge in [0.2, 0.25) is 0 Å². The Labute approximate surface area is 111 Å². The summed E-state index contributed by atoms with van der Waals surface area (Å²) in [6.07, 6.45) is 5.07. The molecule has 18 heavy (non-hydrogen) atoms. The quantitative estimate of drug-likeness (QED) is 0.823. The molecule has 1 aromatic heterocycles. The highest BCUT2D eigenvalue weighted by atomic mass is 16.1. The first-order chi connectivity index (χ1) is 8.41. The van der Waals surface area contributed by atoms with Crippen LogP contribution in [0.1, 0.15) is 52.0 Å². The Balaban J connectivity index is 0. The van der Waals surface area contributed by atoms with Crippen LogP contribution in [0.5, 0.6) is 0 Å². The van der Waals surface area contributed by atoms with Gasteiger partial charge < -0.3 is 5.32 Å². The third-order valence-electron chi connectivity index (χ3n) is 2.44. The Morgan fingerprint density at radius 1 is 1.28 bits per heavy atom. The van der Waals surface area contributed by atoms with E-state index in [-0.39, 0.29) is 0 Å². The number of nitrogens with zero attached hydrogens (tertiary/aromatic N) is 2. The minimum atomic E-state index is 0.368. The molecule has 0 saturated carbocycles. The van der Waals surface area contributed by atoms with Gasteiger partial charge in [-0.25, -0.2) is 0 Å². The lowest BCUT2D eigenvalue weighted by atomic mass is 9.88. The van der Waals surface area contributed by atoms with Crippen LogP contribution in [0.4, 0.5) is 0 Å². The Kier molecular flexibility index (Phi) is 11.5. The van der Waals surface area contributed by atoms with Crippen LogP contribution >= 0.6 is 0 Å². The smallest absolute Gasteiger partial charge is 0.170 e. The van der Waals surface area contributed by atoms with Crippen LogP contribution in [-0.2, 0) is 0 Å². The topological polar surface area (TPSA) is 54.9 Å². The van der Waals surface area contributed by atoms with Gasteiger partial charge in [-0.3, -0.25) is 14.8 Å². The minimum absolute atomic E-state index is 0.368. The molecule has 1 rings (SSSR count). The van der Waals surface area contributed by atoms with Crippen molar-refractivity contribution >= 4 is 6.29 Å². The third kappa shape index (κ3) is 9.90. The lowest BCUT2D eigenvalue weighted by Gasteiger charge is -2.26. The molecule has 0 aliphatic heterocycles. The summed E-state index contributed by atoms with van der Waals surface area (Å²) in [6, 6.07) is 0.600. The normalized spacial score (nSPS) is 11.3. The lowest BCUT2D eigenvalue weighted by molar-refractivity contribution is 0.111.